The molecule has 1 aliphatic rings. The minimum atomic E-state index is 0.193. The lowest BCUT2D eigenvalue weighted by Crippen LogP contribution is -2.34. The Bertz CT molecular complexity index is 1170. The normalized spacial score (nSPS) is 16.4. The van der Waals surface area contributed by atoms with Gasteiger partial charge in [0.1, 0.15) is 5.82 Å². The topological polar surface area (TPSA) is 50.9 Å². The van der Waals surface area contributed by atoms with Crippen molar-refractivity contribution in [3.8, 4) is 0 Å². The molecule has 2 aromatic carbocycles. The number of benzene rings is 2. The third-order valence-electron chi connectivity index (χ3n) is 7.13. The zero-order valence-corrected chi connectivity index (χ0v) is 21.0. The first-order valence-electron chi connectivity index (χ1n) is 11.4. The number of aromatic nitrogens is 1. The first kappa shape index (κ1) is 22.6. The minimum absolute atomic E-state index is 0.193. The zero-order valence-electron chi connectivity index (χ0n) is 20.2. The smallest absolute Gasteiger partial charge is 0.184 e. The molecule has 0 fully saturated rings. The number of fused-ring (bicyclic) bond motifs is 1. The molecule has 0 unspecified atom stereocenters. The van der Waals surface area contributed by atoms with Gasteiger partial charge in [0.25, 0.3) is 0 Å². The average molecular weight is 446 g/mol. The van der Waals surface area contributed by atoms with Crippen LogP contribution in [0, 0.1) is 6.92 Å². The molecule has 168 valence electrons. The Kier molecular flexibility index (Phi) is 5.70. The van der Waals surface area contributed by atoms with Crippen LogP contribution >= 0.6 is 11.3 Å². The van der Waals surface area contributed by atoms with Crippen molar-refractivity contribution < 1.29 is 0 Å². The number of nitrogens with one attached hydrogen (secondary N) is 1. The molecule has 0 saturated carbocycles. The quantitative estimate of drug-likeness (QED) is 0.441. The molecule has 1 heterocycles. The van der Waals surface area contributed by atoms with Crippen LogP contribution in [0.1, 0.15) is 78.8 Å². The number of hydrogen-bond donors (Lipinski definition) is 2. The average Bonchev–Trinajstić information content (AvgIpc) is 3.11. The van der Waals surface area contributed by atoms with Crippen LogP contribution in [0.5, 0.6) is 0 Å². The Morgan fingerprint density at radius 2 is 1.66 bits per heavy atom. The van der Waals surface area contributed by atoms with Gasteiger partial charge in [-0.3, -0.25) is 0 Å². The molecule has 1 aliphatic carbocycles. The van der Waals surface area contributed by atoms with Crippen LogP contribution in [0.25, 0.3) is 5.57 Å². The highest BCUT2D eigenvalue weighted by molar-refractivity contribution is 7.16. The van der Waals surface area contributed by atoms with E-state index in [1.54, 1.807) is 11.3 Å². The second-order valence-electron chi connectivity index (χ2n) is 10.4. The lowest BCUT2D eigenvalue weighted by Gasteiger charge is -2.42. The van der Waals surface area contributed by atoms with Crippen molar-refractivity contribution in [2.24, 2.45) is 0 Å². The summed E-state index contributed by atoms with van der Waals surface area (Å²) in [5.74, 6) is 0.614. The molecule has 0 amide bonds. The largest absolute Gasteiger partial charge is 0.383 e. The number of nitrogens with two attached hydrogens (primary N) is 1. The molecule has 0 bridgehead atoms. The molecule has 0 aliphatic heterocycles. The lowest BCUT2D eigenvalue weighted by atomic mass is 9.62. The molecular formula is C28H35N3S. The summed E-state index contributed by atoms with van der Waals surface area (Å²) in [4.78, 5) is 5.44. The zero-order chi connectivity index (χ0) is 23.3. The molecule has 0 saturated heterocycles. The van der Waals surface area contributed by atoms with Gasteiger partial charge in [-0.1, -0.05) is 82.0 Å². The van der Waals surface area contributed by atoms with Gasteiger partial charge in [-0.25, -0.2) is 4.98 Å². The van der Waals surface area contributed by atoms with Crippen molar-refractivity contribution in [1.82, 2.24) is 4.98 Å². The van der Waals surface area contributed by atoms with Crippen LogP contribution in [-0.4, -0.2) is 12.0 Å². The predicted molar refractivity (Wildman–Crippen MR) is 140 cm³/mol. The van der Waals surface area contributed by atoms with Gasteiger partial charge in [-0.2, -0.15) is 0 Å². The van der Waals surface area contributed by atoms with Gasteiger partial charge in [0, 0.05) is 13.5 Å². The first-order valence-corrected chi connectivity index (χ1v) is 12.2. The molecule has 3 aromatic rings. The van der Waals surface area contributed by atoms with Crippen LogP contribution in [0.4, 0.5) is 10.9 Å². The summed E-state index contributed by atoms with van der Waals surface area (Å²) in [5.41, 5.74) is 15.5. The maximum Gasteiger partial charge on any atom is 0.184 e. The molecule has 4 heteroatoms. The van der Waals surface area contributed by atoms with Crippen LogP contribution in [0.2, 0.25) is 0 Å². The molecule has 0 atom stereocenters. The van der Waals surface area contributed by atoms with Crippen molar-refractivity contribution in [1.29, 1.82) is 0 Å². The Balaban J connectivity index is 1.63. The highest BCUT2D eigenvalue weighted by atomic mass is 32.1. The Morgan fingerprint density at radius 3 is 2.22 bits per heavy atom. The van der Waals surface area contributed by atoms with Gasteiger partial charge in [0.15, 0.2) is 5.13 Å². The van der Waals surface area contributed by atoms with Gasteiger partial charge in [0.05, 0.1) is 4.88 Å². The second kappa shape index (κ2) is 8.08. The summed E-state index contributed by atoms with van der Waals surface area (Å²) in [6.45, 7) is 16.2. The van der Waals surface area contributed by atoms with E-state index >= 15 is 0 Å². The van der Waals surface area contributed by atoms with Gasteiger partial charge >= 0.3 is 0 Å². The van der Waals surface area contributed by atoms with Crippen molar-refractivity contribution in [3.05, 3.63) is 81.2 Å². The van der Waals surface area contributed by atoms with Crippen molar-refractivity contribution in [2.45, 2.75) is 64.7 Å². The van der Waals surface area contributed by atoms with E-state index in [-0.39, 0.29) is 10.8 Å². The SMILES string of the molecule is C=C(c1ccc(Cc2sc(NC)nc2N)cc1)c1cc2c(cc1C)C(C)(C)CCC2(C)C. The summed E-state index contributed by atoms with van der Waals surface area (Å²) in [6.07, 6.45) is 3.24. The number of nitrogen functional groups attached to an aromatic ring is 1. The van der Waals surface area contributed by atoms with Crippen LogP contribution in [0.3, 0.4) is 0 Å². The van der Waals surface area contributed by atoms with E-state index in [2.05, 4.69) is 87.9 Å². The van der Waals surface area contributed by atoms with E-state index in [9.17, 15) is 0 Å². The molecule has 0 radical (unpaired) electrons. The lowest BCUT2D eigenvalue weighted by molar-refractivity contribution is 0.331. The molecule has 0 spiro atoms. The van der Waals surface area contributed by atoms with Crippen molar-refractivity contribution in [3.63, 3.8) is 0 Å². The Hall–Kier alpha value is -2.59. The summed E-state index contributed by atoms with van der Waals surface area (Å²) in [7, 11) is 1.87. The van der Waals surface area contributed by atoms with Crippen LogP contribution in [0.15, 0.2) is 43.0 Å². The minimum Gasteiger partial charge on any atom is -0.383 e. The monoisotopic (exact) mass is 445 g/mol. The predicted octanol–water partition coefficient (Wildman–Crippen LogP) is 7.08. The van der Waals surface area contributed by atoms with Crippen molar-refractivity contribution >= 4 is 27.9 Å². The van der Waals surface area contributed by atoms with Gasteiger partial charge in [0.2, 0.25) is 0 Å². The molecule has 3 nitrogen and oxygen atoms in total. The number of rotatable bonds is 5. The summed E-state index contributed by atoms with van der Waals surface area (Å²) >= 11 is 1.61. The van der Waals surface area contributed by atoms with E-state index in [0.29, 0.717) is 5.82 Å². The second-order valence-corrected chi connectivity index (χ2v) is 11.5. The first-order chi connectivity index (χ1) is 15.0. The van der Waals surface area contributed by atoms with Gasteiger partial charge in [-0.05, 0) is 69.5 Å². The Labute approximate surface area is 196 Å². The number of nitrogens with zero attached hydrogens (tertiary/aromatic N) is 1. The summed E-state index contributed by atoms with van der Waals surface area (Å²) in [6, 6.07) is 13.6. The summed E-state index contributed by atoms with van der Waals surface area (Å²) < 4.78 is 0. The fourth-order valence-electron chi connectivity index (χ4n) is 4.81. The fraction of sp³-hybridized carbons (Fsp3) is 0.393. The molecule has 3 N–H and O–H groups in total. The van der Waals surface area contributed by atoms with Gasteiger partial charge < -0.3 is 11.1 Å². The highest BCUT2D eigenvalue weighted by Crippen LogP contribution is 2.47. The Morgan fingerprint density at radius 1 is 1.06 bits per heavy atom. The van der Waals surface area contributed by atoms with E-state index in [0.717, 1.165) is 27.6 Å². The number of thiazole rings is 1. The summed E-state index contributed by atoms with van der Waals surface area (Å²) in [5, 5.41) is 3.93. The standard InChI is InChI=1S/C28H35N3S/c1-17-14-22-23(28(5,6)13-12-27(22,3)4)16-21(17)18(2)20-10-8-19(9-11-20)15-24-25(29)31-26(30-7)32-24/h8-11,14,16H,2,12-13,15,29H2,1,3-7H3,(H,30,31). The van der Waals surface area contributed by atoms with E-state index in [1.165, 1.54) is 40.7 Å². The third-order valence-corrected chi connectivity index (χ3v) is 8.22. The fourth-order valence-corrected chi connectivity index (χ4v) is 5.68. The molecule has 1 aromatic heterocycles. The maximum atomic E-state index is 6.08. The van der Waals surface area contributed by atoms with Crippen LogP contribution < -0.4 is 11.1 Å². The number of aryl methyl sites for hydroxylation is 1. The van der Waals surface area contributed by atoms with Crippen LogP contribution in [-0.2, 0) is 17.3 Å². The highest BCUT2D eigenvalue weighted by Gasteiger charge is 2.37. The molecular weight excluding hydrogens is 410 g/mol. The van der Waals surface area contributed by atoms with E-state index < -0.39 is 0 Å². The maximum absolute atomic E-state index is 6.08. The van der Waals surface area contributed by atoms with Gasteiger partial charge in [-0.15, -0.1) is 0 Å². The van der Waals surface area contributed by atoms with E-state index in [1.807, 2.05) is 7.05 Å². The molecule has 4 rings (SSSR count). The molecule has 32 heavy (non-hydrogen) atoms. The van der Waals surface area contributed by atoms with Crippen molar-refractivity contribution in [2.75, 3.05) is 18.1 Å². The van der Waals surface area contributed by atoms with E-state index in [4.69, 9.17) is 5.73 Å². The number of hydrogen-bond acceptors (Lipinski definition) is 4. The number of anilines is 2. The third kappa shape index (κ3) is 4.09.